The first-order valence-electron chi connectivity index (χ1n) is 7.14. The first-order valence-corrected chi connectivity index (χ1v) is 7.14. The number of carbonyl (C=O) groups excluding carboxylic acids is 1. The van der Waals surface area contributed by atoms with Gasteiger partial charge in [-0.05, 0) is 52.4 Å². The van der Waals surface area contributed by atoms with Crippen molar-refractivity contribution in [2.75, 3.05) is 6.54 Å². The summed E-state index contributed by atoms with van der Waals surface area (Å²) in [5, 5.41) is 0. The van der Waals surface area contributed by atoms with Crippen molar-refractivity contribution >= 4 is 6.09 Å². The van der Waals surface area contributed by atoms with E-state index in [9.17, 15) is 4.79 Å². The zero-order chi connectivity index (χ0) is 13.3. The molecule has 0 spiro atoms. The number of ether oxygens (including phenoxy) is 1. The van der Waals surface area contributed by atoms with Gasteiger partial charge in [0.2, 0.25) is 0 Å². The second-order valence-corrected chi connectivity index (χ2v) is 6.65. The third-order valence-electron chi connectivity index (χ3n) is 4.07. The predicted octanol–water partition coefficient (Wildman–Crippen LogP) is 2.51. The van der Waals surface area contributed by atoms with E-state index in [1.54, 1.807) is 0 Å². The highest BCUT2D eigenvalue weighted by Gasteiger charge is 2.39. The molecule has 0 aromatic carbocycles. The van der Waals surface area contributed by atoms with Crippen LogP contribution in [0.1, 0.15) is 52.9 Å². The van der Waals surface area contributed by atoms with Crippen LogP contribution in [0.3, 0.4) is 0 Å². The third-order valence-corrected chi connectivity index (χ3v) is 4.07. The van der Waals surface area contributed by atoms with E-state index in [1.807, 2.05) is 25.7 Å². The number of hydrogen-bond donors (Lipinski definition) is 1. The molecule has 2 N–H and O–H groups in total. The summed E-state index contributed by atoms with van der Waals surface area (Å²) in [6, 6.07) is 0.318. The minimum atomic E-state index is -0.426. The highest BCUT2D eigenvalue weighted by Crippen LogP contribution is 2.34. The molecule has 1 saturated carbocycles. The molecule has 4 nitrogen and oxygen atoms in total. The Balaban J connectivity index is 1.96. The maximum Gasteiger partial charge on any atom is 0.410 e. The van der Waals surface area contributed by atoms with Gasteiger partial charge in [0.25, 0.3) is 0 Å². The maximum absolute atomic E-state index is 12.2. The predicted molar refractivity (Wildman–Crippen MR) is 71.3 cm³/mol. The summed E-state index contributed by atoms with van der Waals surface area (Å²) in [4.78, 5) is 14.0. The molecule has 1 heterocycles. The fourth-order valence-electron chi connectivity index (χ4n) is 2.88. The molecule has 0 aromatic heterocycles. The van der Waals surface area contributed by atoms with Crippen LogP contribution in [0.5, 0.6) is 0 Å². The van der Waals surface area contributed by atoms with E-state index in [0.717, 1.165) is 19.4 Å². The molecule has 2 atom stereocenters. The normalized spacial score (nSPS) is 26.9. The lowest BCUT2D eigenvalue weighted by Crippen LogP contribution is -2.52. The van der Waals surface area contributed by atoms with Gasteiger partial charge in [-0.1, -0.05) is 6.42 Å². The SMILES string of the molecule is CC(C)(C)OC(=O)N1CCCC1C(N)C1CCC1. The molecule has 1 aliphatic carbocycles. The molecule has 2 fully saturated rings. The summed E-state index contributed by atoms with van der Waals surface area (Å²) in [6.45, 7) is 6.51. The van der Waals surface area contributed by atoms with Crippen LogP contribution in [0.4, 0.5) is 4.79 Å². The molecule has 0 aromatic rings. The molecule has 104 valence electrons. The molecule has 2 rings (SSSR count). The highest BCUT2D eigenvalue weighted by atomic mass is 16.6. The quantitative estimate of drug-likeness (QED) is 0.823. The number of nitrogens with two attached hydrogens (primary N) is 1. The number of carbonyl (C=O) groups is 1. The topological polar surface area (TPSA) is 55.6 Å². The first-order chi connectivity index (χ1) is 8.38. The lowest BCUT2D eigenvalue weighted by Gasteiger charge is -2.38. The van der Waals surface area contributed by atoms with Crippen LogP contribution in [-0.2, 0) is 4.74 Å². The van der Waals surface area contributed by atoms with Gasteiger partial charge in [0, 0.05) is 12.6 Å². The molecule has 2 aliphatic rings. The minimum Gasteiger partial charge on any atom is -0.444 e. The Kier molecular flexibility index (Phi) is 3.85. The number of hydrogen-bond acceptors (Lipinski definition) is 3. The molecule has 0 radical (unpaired) electrons. The fourth-order valence-corrected chi connectivity index (χ4v) is 2.88. The molecular weight excluding hydrogens is 228 g/mol. The molecule has 0 bridgehead atoms. The van der Waals surface area contributed by atoms with E-state index in [2.05, 4.69) is 0 Å². The Hall–Kier alpha value is -0.770. The Labute approximate surface area is 110 Å². The fraction of sp³-hybridized carbons (Fsp3) is 0.929. The van der Waals surface area contributed by atoms with Crippen LogP contribution >= 0.6 is 0 Å². The second-order valence-electron chi connectivity index (χ2n) is 6.65. The van der Waals surface area contributed by atoms with Crippen LogP contribution in [0.2, 0.25) is 0 Å². The Morgan fingerprint density at radius 1 is 1.28 bits per heavy atom. The summed E-state index contributed by atoms with van der Waals surface area (Å²) in [5.41, 5.74) is 5.90. The smallest absolute Gasteiger partial charge is 0.410 e. The molecular formula is C14H26N2O2. The van der Waals surface area contributed by atoms with Crippen molar-refractivity contribution in [1.82, 2.24) is 4.90 Å². The molecule has 2 unspecified atom stereocenters. The van der Waals surface area contributed by atoms with Crippen molar-refractivity contribution < 1.29 is 9.53 Å². The Bertz CT molecular complexity index is 307. The van der Waals surface area contributed by atoms with Gasteiger partial charge >= 0.3 is 6.09 Å². The van der Waals surface area contributed by atoms with Crippen LogP contribution in [0, 0.1) is 5.92 Å². The third kappa shape index (κ3) is 2.97. The van der Waals surface area contributed by atoms with Crippen molar-refractivity contribution in [1.29, 1.82) is 0 Å². The highest BCUT2D eigenvalue weighted by molar-refractivity contribution is 5.69. The van der Waals surface area contributed by atoms with Crippen molar-refractivity contribution in [2.24, 2.45) is 11.7 Å². The number of amides is 1. The summed E-state index contributed by atoms with van der Waals surface area (Å²) >= 11 is 0. The van der Waals surface area contributed by atoms with E-state index in [4.69, 9.17) is 10.5 Å². The summed E-state index contributed by atoms with van der Waals surface area (Å²) in [5.74, 6) is 0.609. The Morgan fingerprint density at radius 3 is 2.44 bits per heavy atom. The zero-order valence-corrected chi connectivity index (χ0v) is 11.8. The van der Waals surface area contributed by atoms with Crippen LogP contribution in [-0.4, -0.2) is 35.2 Å². The minimum absolute atomic E-state index is 0.133. The summed E-state index contributed by atoms with van der Waals surface area (Å²) in [7, 11) is 0. The van der Waals surface area contributed by atoms with Crippen molar-refractivity contribution in [3.63, 3.8) is 0 Å². The maximum atomic E-state index is 12.2. The average molecular weight is 254 g/mol. The van der Waals surface area contributed by atoms with Crippen LogP contribution in [0.15, 0.2) is 0 Å². The van der Waals surface area contributed by atoms with Gasteiger partial charge in [-0.15, -0.1) is 0 Å². The van der Waals surface area contributed by atoms with Crippen molar-refractivity contribution in [3.05, 3.63) is 0 Å². The second kappa shape index (κ2) is 5.08. The van der Waals surface area contributed by atoms with E-state index < -0.39 is 5.60 Å². The Morgan fingerprint density at radius 2 is 1.94 bits per heavy atom. The van der Waals surface area contributed by atoms with Gasteiger partial charge in [0.15, 0.2) is 0 Å². The van der Waals surface area contributed by atoms with E-state index in [-0.39, 0.29) is 18.2 Å². The number of nitrogens with zero attached hydrogens (tertiary/aromatic N) is 1. The molecule has 18 heavy (non-hydrogen) atoms. The van der Waals surface area contributed by atoms with Gasteiger partial charge in [-0.2, -0.15) is 0 Å². The monoisotopic (exact) mass is 254 g/mol. The summed E-state index contributed by atoms with van der Waals surface area (Å²) < 4.78 is 5.46. The van der Waals surface area contributed by atoms with Crippen LogP contribution < -0.4 is 5.73 Å². The van der Waals surface area contributed by atoms with E-state index in [0.29, 0.717) is 5.92 Å². The van der Waals surface area contributed by atoms with E-state index >= 15 is 0 Å². The van der Waals surface area contributed by atoms with E-state index in [1.165, 1.54) is 19.3 Å². The van der Waals surface area contributed by atoms with Gasteiger partial charge in [-0.3, -0.25) is 0 Å². The average Bonchev–Trinajstić information content (AvgIpc) is 2.59. The van der Waals surface area contributed by atoms with Gasteiger partial charge in [-0.25, -0.2) is 4.79 Å². The van der Waals surface area contributed by atoms with Crippen molar-refractivity contribution in [2.45, 2.75) is 70.6 Å². The molecule has 1 aliphatic heterocycles. The number of rotatable bonds is 2. The zero-order valence-electron chi connectivity index (χ0n) is 11.8. The first kappa shape index (κ1) is 13.7. The molecule has 1 amide bonds. The summed E-state index contributed by atoms with van der Waals surface area (Å²) in [6.07, 6.45) is 5.61. The van der Waals surface area contributed by atoms with Crippen LogP contribution in [0.25, 0.3) is 0 Å². The largest absolute Gasteiger partial charge is 0.444 e. The van der Waals surface area contributed by atoms with Gasteiger partial charge in [0.05, 0.1) is 6.04 Å². The lowest BCUT2D eigenvalue weighted by molar-refractivity contribution is 0.0172. The molecule has 4 heteroatoms. The van der Waals surface area contributed by atoms with Crippen molar-refractivity contribution in [3.8, 4) is 0 Å². The van der Waals surface area contributed by atoms with Gasteiger partial charge < -0.3 is 15.4 Å². The lowest BCUT2D eigenvalue weighted by atomic mass is 9.77. The van der Waals surface area contributed by atoms with Gasteiger partial charge in [0.1, 0.15) is 5.60 Å². The number of likely N-dealkylation sites (tertiary alicyclic amines) is 1. The standard InChI is InChI=1S/C14H26N2O2/c1-14(2,3)18-13(17)16-9-5-8-11(16)12(15)10-6-4-7-10/h10-12H,4-9,15H2,1-3H3. The molecule has 1 saturated heterocycles.